The predicted octanol–water partition coefficient (Wildman–Crippen LogP) is 4.33. The number of methoxy groups -OCH3 is 1. The van der Waals surface area contributed by atoms with Crippen LogP contribution in [0.15, 0.2) is 67.0 Å². The number of carbonyl (C=O) groups excluding carboxylic acids is 1. The van der Waals surface area contributed by atoms with Crippen LogP contribution in [-0.2, 0) is 13.0 Å². The molecule has 0 radical (unpaired) electrons. The van der Waals surface area contributed by atoms with Gasteiger partial charge in [-0.25, -0.2) is 0 Å². The normalized spacial score (nSPS) is 10.3. The minimum absolute atomic E-state index is 0.164. The first-order valence-corrected chi connectivity index (χ1v) is 8.90. The molecular weight excluding hydrogens is 338 g/mol. The Morgan fingerprint density at radius 3 is 2.33 bits per heavy atom. The fourth-order valence-corrected chi connectivity index (χ4v) is 2.65. The molecule has 0 aliphatic carbocycles. The maximum Gasteiger partial charge on any atom is 0.253 e. The Hall–Kier alpha value is -3.34. The molecule has 0 spiro atoms. The van der Waals surface area contributed by atoms with Gasteiger partial charge in [0.15, 0.2) is 0 Å². The van der Waals surface area contributed by atoms with Crippen LogP contribution in [0.25, 0.3) is 0 Å². The number of nitrogens with zero attached hydrogens (tertiary/aromatic N) is 1. The summed E-state index contributed by atoms with van der Waals surface area (Å²) in [6.07, 6.45) is 4.27. The van der Waals surface area contributed by atoms with E-state index in [4.69, 9.17) is 4.74 Å². The van der Waals surface area contributed by atoms with Crippen LogP contribution in [0.5, 0.6) is 5.75 Å². The van der Waals surface area contributed by atoms with E-state index < -0.39 is 0 Å². The standard InChI is InChI=1S/C22H23N3O2/c1-3-16-4-8-19(9-5-16)25-20-12-18(14-23-15-20)22(26)24-13-17-6-10-21(27-2)11-7-17/h4-12,14-15,25H,3,13H2,1-2H3,(H,24,26). The first-order chi connectivity index (χ1) is 13.2. The number of rotatable bonds is 7. The van der Waals surface area contributed by atoms with E-state index in [1.807, 2.05) is 36.4 Å². The summed E-state index contributed by atoms with van der Waals surface area (Å²) in [5, 5.41) is 6.19. The van der Waals surface area contributed by atoms with Crippen LogP contribution in [0.2, 0.25) is 0 Å². The van der Waals surface area contributed by atoms with Gasteiger partial charge in [-0.2, -0.15) is 0 Å². The lowest BCUT2D eigenvalue weighted by molar-refractivity contribution is 0.0950. The van der Waals surface area contributed by atoms with Gasteiger partial charge in [0.1, 0.15) is 5.75 Å². The maximum atomic E-state index is 12.4. The number of benzene rings is 2. The van der Waals surface area contributed by atoms with E-state index in [2.05, 4.69) is 34.7 Å². The molecule has 0 aliphatic heterocycles. The Balaban J connectivity index is 1.62. The van der Waals surface area contributed by atoms with Gasteiger partial charge >= 0.3 is 0 Å². The number of carbonyl (C=O) groups is 1. The largest absolute Gasteiger partial charge is 0.497 e. The van der Waals surface area contributed by atoms with Gasteiger partial charge in [-0.3, -0.25) is 9.78 Å². The van der Waals surface area contributed by atoms with Gasteiger partial charge in [0.25, 0.3) is 5.91 Å². The molecule has 5 heteroatoms. The molecule has 0 fully saturated rings. The number of amides is 1. The fraction of sp³-hybridized carbons (Fsp3) is 0.182. The van der Waals surface area contributed by atoms with Gasteiger partial charge in [0.2, 0.25) is 0 Å². The molecule has 0 saturated carbocycles. The van der Waals surface area contributed by atoms with E-state index in [9.17, 15) is 4.79 Å². The number of hydrogen-bond donors (Lipinski definition) is 2. The van der Waals surface area contributed by atoms with Crippen LogP contribution < -0.4 is 15.4 Å². The lowest BCUT2D eigenvalue weighted by Crippen LogP contribution is -2.23. The van der Waals surface area contributed by atoms with E-state index >= 15 is 0 Å². The highest BCUT2D eigenvalue weighted by molar-refractivity contribution is 5.94. The van der Waals surface area contributed by atoms with Gasteiger partial charge < -0.3 is 15.4 Å². The first kappa shape index (κ1) is 18.5. The monoisotopic (exact) mass is 361 g/mol. The zero-order valence-corrected chi connectivity index (χ0v) is 15.5. The Morgan fingerprint density at radius 2 is 1.67 bits per heavy atom. The third kappa shape index (κ3) is 5.07. The summed E-state index contributed by atoms with van der Waals surface area (Å²) in [5.74, 6) is 0.628. The molecule has 1 aromatic heterocycles. The third-order valence-electron chi connectivity index (χ3n) is 4.26. The molecule has 3 aromatic rings. The first-order valence-electron chi connectivity index (χ1n) is 8.90. The van der Waals surface area contributed by atoms with E-state index in [1.54, 1.807) is 25.6 Å². The molecule has 0 bridgehead atoms. The molecule has 0 unspecified atom stereocenters. The van der Waals surface area contributed by atoms with Crippen molar-refractivity contribution in [3.63, 3.8) is 0 Å². The van der Waals surface area contributed by atoms with E-state index in [0.29, 0.717) is 12.1 Å². The maximum absolute atomic E-state index is 12.4. The lowest BCUT2D eigenvalue weighted by Gasteiger charge is -2.09. The second-order valence-corrected chi connectivity index (χ2v) is 6.17. The Morgan fingerprint density at radius 1 is 0.963 bits per heavy atom. The minimum atomic E-state index is -0.164. The molecule has 1 amide bonds. The van der Waals surface area contributed by atoms with Gasteiger partial charge in [-0.05, 0) is 47.9 Å². The van der Waals surface area contributed by atoms with Crippen molar-refractivity contribution in [1.29, 1.82) is 0 Å². The molecule has 27 heavy (non-hydrogen) atoms. The Labute approximate surface area is 159 Å². The highest BCUT2D eigenvalue weighted by Gasteiger charge is 2.07. The van der Waals surface area contributed by atoms with Crippen molar-refractivity contribution in [3.8, 4) is 5.75 Å². The van der Waals surface area contributed by atoms with Gasteiger partial charge in [0.05, 0.1) is 24.6 Å². The van der Waals surface area contributed by atoms with Crippen LogP contribution >= 0.6 is 0 Å². The highest BCUT2D eigenvalue weighted by Crippen LogP contribution is 2.18. The molecule has 0 saturated heterocycles. The van der Waals surface area contributed by atoms with Crippen molar-refractivity contribution in [1.82, 2.24) is 10.3 Å². The van der Waals surface area contributed by atoms with Crippen molar-refractivity contribution in [2.45, 2.75) is 19.9 Å². The average molecular weight is 361 g/mol. The lowest BCUT2D eigenvalue weighted by atomic mass is 10.1. The minimum Gasteiger partial charge on any atom is -0.497 e. The third-order valence-corrected chi connectivity index (χ3v) is 4.26. The molecule has 1 heterocycles. The van der Waals surface area contributed by atoms with E-state index in [0.717, 1.165) is 29.1 Å². The van der Waals surface area contributed by atoms with Crippen LogP contribution in [-0.4, -0.2) is 18.0 Å². The molecule has 138 valence electrons. The zero-order valence-electron chi connectivity index (χ0n) is 15.5. The second-order valence-electron chi connectivity index (χ2n) is 6.17. The molecular formula is C22H23N3O2. The number of hydrogen-bond acceptors (Lipinski definition) is 4. The number of pyridine rings is 1. The Kier molecular flexibility index (Phi) is 6.05. The van der Waals surface area contributed by atoms with Gasteiger partial charge in [-0.15, -0.1) is 0 Å². The quantitative estimate of drug-likeness (QED) is 0.658. The summed E-state index contributed by atoms with van der Waals surface area (Å²) in [4.78, 5) is 16.6. The number of aromatic nitrogens is 1. The summed E-state index contributed by atoms with van der Waals surface area (Å²) in [5.41, 5.74) is 4.53. The van der Waals surface area contributed by atoms with Crippen LogP contribution in [0, 0.1) is 0 Å². The fourth-order valence-electron chi connectivity index (χ4n) is 2.65. The summed E-state index contributed by atoms with van der Waals surface area (Å²) in [6.45, 7) is 2.57. The van der Waals surface area contributed by atoms with Crippen LogP contribution in [0.1, 0.15) is 28.4 Å². The molecule has 0 aliphatic rings. The van der Waals surface area contributed by atoms with Gasteiger partial charge in [0, 0.05) is 18.4 Å². The summed E-state index contributed by atoms with van der Waals surface area (Å²) < 4.78 is 5.14. The number of aryl methyl sites for hydroxylation is 1. The van der Waals surface area contributed by atoms with Gasteiger partial charge in [-0.1, -0.05) is 31.2 Å². The number of anilines is 2. The van der Waals surface area contributed by atoms with Crippen molar-refractivity contribution < 1.29 is 9.53 Å². The van der Waals surface area contributed by atoms with Crippen LogP contribution in [0.4, 0.5) is 11.4 Å². The topological polar surface area (TPSA) is 63.2 Å². The van der Waals surface area contributed by atoms with Crippen molar-refractivity contribution in [2.75, 3.05) is 12.4 Å². The SMILES string of the molecule is CCc1ccc(Nc2cncc(C(=O)NCc3ccc(OC)cc3)c2)cc1. The molecule has 0 atom stereocenters. The Bertz CT molecular complexity index is 890. The summed E-state index contributed by atoms with van der Waals surface area (Å²) in [6, 6.07) is 17.6. The summed E-state index contributed by atoms with van der Waals surface area (Å²) in [7, 11) is 1.63. The average Bonchev–Trinajstić information content (AvgIpc) is 2.73. The number of nitrogens with one attached hydrogen (secondary N) is 2. The molecule has 2 aromatic carbocycles. The van der Waals surface area contributed by atoms with Crippen molar-refractivity contribution >= 4 is 17.3 Å². The zero-order chi connectivity index (χ0) is 19.1. The van der Waals surface area contributed by atoms with E-state index in [1.165, 1.54) is 5.56 Å². The number of ether oxygens (including phenoxy) is 1. The smallest absolute Gasteiger partial charge is 0.253 e. The molecule has 3 rings (SSSR count). The predicted molar refractivity (Wildman–Crippen MR) is 108 cm³/mol. The van der Waals surface area contributed by atoms with Crippen molar-refractivity contribution in [3.05, 3.63) is 83.7 Å². The molecule has 5 nitrogen and oxygen atoms in total. The summed E-state index contributed by atoms with van der Waals surface area (Å²) >= 11 is 0. The highest BCUT2D eigenvalue weighted by atomic mass is 16.5. The molecule has 2 N–H and O–H groups in total. The second kappa shape index (κ2) is 8.85. The van der Waals surface area contributed by atoms with Crippen LogP contribution in [0.3, 0.4) is 0 Å². The van der Waals surface area contributed by atoms with Crippen molar-refractivity contribution in [2.24, 2.45) is 0 Å². The van der Waals surface area contributed by atoms with E-state index in [-0.39, 0.29) is 5.91 Å².